The van der Waals surface area contributed by atoms with Crippen LogP contribution in [0.5, 0.6) is 0 Å². The van der Waals surface area contributed by atoms with Gasteiger partial charge in [-0.1, -0.05) is 103 Å². The summed E-state index contributed by atoms with van der Waals surface area (Å²) in [7, 11) is 0. The Labute approximate surface area is 232 Å². The quantitative estimate of drug-likeness (QED) is 0.233. The van der Waals surface area contributed by atoms with Gasteiger partial charge in [0.25, 0.3) is 0 Å². The maximum atomic E-state index is 3.66. The highest BCUT2D eigenvalue weighted by Crippen LogP contribution is 2.34. The minimum Gasteiger partial charge on any atom is -0.355 e. The van der Waals surface area contributed by atoms with Crippen LogP contribution in [0.4, 0.5) is 11.4 Å². The van der Waals surface area contributed by atoms with Gasteiger partial charge < -0.3 is 9.88 Å². The van der Waals surface area contributed by atoms with E-state index in [-0.39, 0.29) is 0 Å². The highest BCUT2D eigenvalue weighted by molar-refractivity contribution is 6.10. The topological polar surface area (TPSA) is 17.0 Å². The largest absolute Gasteiger partial charge is 0.355 e. The molecular weight excluding hydrogens is 484 g/mol. The van der Waals surface area contributed by atoms with Crippen molar-refractivity contribution in [3.63, 3.8) is 0 Å². The third kappa shape index (κ3) is 3.73. The average molecular weight is 511 g/mol. The van der Waals surface area contributed by atoms with E-state index >= 15 is 0 Å². The summed E-state index contributed by atoms with van der Waals surface area (Å²) in [5.74, 6) is 0. The molecular formula is C38H26N2. The third-order valence-electron chi connectivity index (χ3n) is 7.91. The summed E-state index contributed by atoms with van der Waals surface area (Å²) in [6, 6.07) is 54.4. The molecule has 7 aromatic carbocycles. The molecule has 0 saturated carbocycles. The zero-order valence-electron chi connectivity index (χ0n) is 21.9. The SMILES string of the molecule is c1cc(Nc2cccc(-n3c4ccccc4c4ccccc43)c2)cc(-c2ccc3c(ccc4ccccc43)c2)c1. The lowest BCUT2D eigenvalue weighted by atomic mass is 9.97. The van der Waals surface area contributed by atoms with E-state index in [4.69, 9.17) is 0 Å². The number of nitrogens with zero attached hydrogens (tertiary/aromatic N) is 1. The molecule has 0 atom stereocenters. The second-order valence-electron chi connectivity index (χ2n) is 10.3. The Kier molecular flexibility index (Phi) is 5.17. The van der Waals surface area contributed by atoms with E-state index in [0.29, 0.717) is 0 Å². The first-order valence-electron chi connectivity index (χ1n) is 13.7. The van der Waals surface area contributed by atoms with Gasteiger partial charge in [-0.3, -0.25) is 0 Å². The number of hydrogen-bond acceptors (Lipinski definition) is 1. The lowest BCUT2D eigenvalue weighted by molar-refractivity contribution is 1.18. The second-order valence-corrected chi connectivity index (χ2v) is 10.3. The molecule has 0 radical (unpaired) electrons. The van der Waals surface area contributed by atoms with Crippen molar-refractivity contribution in [3.8, 4) is 16.8 Å². The molecule has 2 nitrogen and oxygen atoms in total. The summed E-state index contributed by atoms with van der Waals surface area (Å²) in [6.07, 6.45) is 0. The first kappa shape index (κ1) is 22.6. The Morgan fingerprint density at radius 1 is 0.375 bits per heavy atom. The molecule has 0 saturated heterocycles. The van der Waals surface area contributed by atoms with Crippen molar-refractivity contribution < 1.29 is 0 Å². The lowest BCUT2D eigenvalue weighted by Crippen LogP contribution is -1.96. The monoisotopic (exact) mass is 510 g/mol. The predicted molar refractivity (Wildman–Crippen MR) is 171 cm³/mol. The number of nitrogens with one attached hydrogen (secondary N) is 1. The van der Waals surface area contributed by atoms with E-state index in [1.807, 2.05) is 0 Å². The Morgan fingerprint density at radius 2 is 0.975 bits per heavy atom. The first-order chi connectivity index (χ1) is 19.8. The van der Waals surface area contributed by atoms with E-state index in [0.717, 1.165) is 17.1 Å². The summed E-state index contributed by atoms with van der Waals surface area (Å²) in [5.41, 5.74) is 8.10. The fraction of sp³-hybridized carbons (Fsp3) is 0. The zero-order chi connectivity index (χ0) is 26.5. The summed E-state index contributed by atoms with van der Waals surface area (Å²) >= 11 is 0. The Hall–Kier alpha value is -5.34. The van der Waals surface area contributed by atoms with Crippen molar-refractivity contribution in [1.82, 2.24) is 4.57 Å². The van der Waals surface area contributed by atoms with E-state index in [1.54, 1.807) is 0 Å². The predicted octanol–water partition coefficient (Wildman–Crippen LogP) is 10.5. The minimum atomic E-state index is 1.06. The number of rotatable bonds is 4. The number of para-hydroxylation sites is 2. The Balaban J connectivity index is 1.15. The molecule has 2 heteroatoms. The summed E-state index contributed by atoms with van der Waals surface area (Å²) in [6.45, 7) is 0. The van der Waals surface area contributed by atoms with E-state index in [9.17, 15) is 0 Å². The smallest absolute Gasteiger partial charge is 0.0541 e. The van der Waals surface area contributed by atoms with E-state index < -0.39 is 0 Å². The molecule has 0 amide bonds. The number of hydrogen-bond donors (Lipinski definition) is 1. The molecule has 0 unspecified atom stereocenters. The molecule has 0 bridgehead atoms. The normalized spacial score (nSPS) is 11.5. The van der Waals surface area contributed by atoms with Crippen LogP contribution in [0.15, 0.2) is 152 Å². The van der Waals surface area contributed by atoms with Crippen LogP contribution in [0.1, 0.15) is 0 Å². The van der Waals surface area contributed by atoms with Crippen LogP contribution >= 0.6 is 0 Å². The fourth-order valence-electron chi connectivity index (χ4n) is 6.06. The number of benzene rings is 7. The standard InChI is InChI=1S/C38H26N2/c1-2-14-33-26(9-1)19-20-29-23-28(21-22-34(29)33)27-10-7-11-30(24-27)39-31-12-8-13-32(25-31)40-37-17-5-3-15-35(37)36-16-4-6-18-38(36)40/h1-25,39H. The maximum absolute atomic E-state index is 3.66. The highest BCUT2D eigenvalue weighted by atomic mass is 15.0. The van der Waals surface area contributed by atoms with Gasteiger partial charge in [-0.05, 0) is 81.2 Å². The third-order valence-corrected chi connectivity index (χ3v) is 7.91. The first-order valence-corrected chi connectivity index (χ1v) is 13.7. The molecule has 0 fully saturated rings. The molecule has 0 aliphatic rings. The van der Waals surface area contributed by atoms with Crippen molar-refractivity contribution in [1.29, 1.82) is 0 Å². The van der Waals surface area contributed by atoms with Crippen molar-refractivity contribution in [3.05, 3.63) is 152 Å². The number of anilines is 2. The van der Waals surface area contributed by atoms with Crippen molar-refractivity contribution >= 4 is 54.7 Å². The van der Waals surface area contributed by atoms with Crippen LogP contribution in [0.3, 0.4) is 0 Å². The Bertz CT molecular complexity index is 2150. The summed E-state index contributed by atoms with van der Waals surface area (Å²) in [4.78, 5) is 0. The van der Waals surface area contributed by atoms with Gasteiger partial charge in [0.15, 0.2) is 0 Å². The molecule has 0 aliphatic carbocycles. The van der Waals surface area contributed by atoms with Crippen LogP contribution in [-0.2, 0) is 0 Å². The molecule has 40 heavy (non-hydrogen) atoms. The molecule has 0 aliphatic heterocycles. The summed E-state index contributed by atoms with van der Waals surface area (Å²) in [5, 5.41) is 11.3. The van der Waals surface area contributed by atoms with E-state index in [2.05, 4.69) is 162 Å². The molecule has 8 aromatic rings. The maximum Gasteiger partial charge on any atom is 0.0541 e. The molecule has 188 valence electrons. The van der Waals surface area contributed by atoms with E-state index in [1.165, 1.54) is 54.5 Å². The summed E-state index contributed by atoms with van der Waals surface area (Å²) < 4.78 is 2.35. The van der Waals surface area contributed by atoms with Crippen LogP contribution in [-0.4, -0.2) is 4.57 Å². The fourth-order valence-corrected chi connectivity index (χ4v) is 6.06. The Morgan fingerprint density at radius 3 is 1.77 bits per heavy atom. The van der Waals surface area contributed by atoms with Crippen molar-refractivity contribution in [2.75, 3.05) is 5.32 Å². The molecule has 8 rings (SSSR count). The molecule has 0 spiro atoms. The van der Waals surface area contributed by atoms with Gasteiger partial charge in [0, 0.05) is 27.8 Å². The van der Waals surface area contributed by atoms with Gasteiger partial charge in [0.1, 0.15) is 0 Å². The van der Waals surface area contributed by atoms with Gasteiger partial charge in [-0.2, -0.15) is 0 Å². The highest BCUT2D eigenvalue weighted by Gasteiger charge is 2.12. The molecule has 1 aromatic heterocycles. The molecule has 1 N–H and O–H groups in total. The van der Waals surface area contributed by atoms with Crippen LogP contribution in [0, 0.1) is 0 Å². The van der Waals surface area contributed by atoms with Crippen molar-refractivity contribution in [2.45, 2.75) is 0 Å². The van der Waals surface area contributed by atoms with Crippen LogP contribution < -0.4 is 5.32 Å². The van der Waals surface area contributed by atoms with Crippen LogP contribution in [0.25, 0.3) is 60.2 Å². The van der Waals surface area contributed by atoms with Gasteiger partial charge in [-0.25, -0.2) is 0 Å². The lowest BCUT2D eigenvalue weighted by Gasteiger charge is -2.13. The van der Waals surface area contributed by atoms with Gasteiger partial charge in [0.05, 0.1) is 11.0 Å². The van der Waals surface area contributed by atoms with Gasteiger partial charge in [-0.15, -0.1) is 0 Å². The number of fused-ring (bicyclic) bond motifs is 6. The van der Waals surface area contributed by atoms with Crippen LogP contribution in [0.2, 0.25) is 0 Å². The average Bonchev–Trinajstić information content (AvgIpc) is 3.35. The zero-order valence-corrected chi connectivity index (χ0v) is 21.9. The minimum absolute atomic E-state index is 1.06. The molecule has 1 heterocycles. The van der Waals surface area contributed by atoms with Gasteiger partial charge >= 0.3 is 0 Å². The van der Waals surface area contributed by atoms with Crippen molar-refractivity contribution in [2.24, 2.45) is 0 Å². The number of aromatic nitrogens is 1. The second kappa shape index (κ2) is 9.14. The van der Waals surface area contributed by atoms with Gasteiger partial charge in [0.2, 0.25) is 0 Å².